The molecule has 0 radical (unpaired) electrons. The van der Waals surface area contributed by atoms with E-state index in [0.717, 1.165) is 45.6 Å². The van der Waals surface area contributed by atoms with Gasteiger partial charge in [0.2, 0.25) is 0 Å². The average Bonchev–Trinajstić information content (AvgIpc) is 2.42. The van der Waals surface area contributed by atoms with Crippen LogP contribution in [0.5, 0.6) is 5.75 Å². The Morgan fingerprint density at radius 3 is 2.79 bits per heavy atom. The number of ether oxygens (including phenoxy) is 1. The molecule has 19 heavy (non-hydrogen) atoms. The summed E-state index contributed by atoms with van der Waals surface area (Å²) in [5.41, 5.74) is 0. The molecule has 106 valence electrons. The third kappa shape index (κ3) is 4.97. The number of hydrogen-bond donors (Lipinski definition) is 1. The first-order valence-electron chi connectivity index (χ1n) is 6.76. The number of benzene rings is 1. The molecule has 1 aromatic rings. The second-order valence-electron chi connectivity index (χ2n) is 4.72. The summed E-state index contributed by atoms with van der Waals surface area (Å²) in [6, 6.07) is 4.22. The Balaban J connectivity index is 1.61. The Morgan fingerprint density at radius 1 is 1.26 bits per heavy atom. The van der Waals surface area contributed by atoms with E-state index in [9.17, 15) is 4.39 Å². The molecule has 1 saturated heterocycles. The van der Waals surface area contributed by atoms with Gasteiger partial charge < -0.3 is 15.0 Å². The number of hydrogen-bond acceptors (Lipinski definition) is 3. The van der Waals surface area contributed by atoms with E-state index >= 15 is 0 Å². The maximum Gasteiger partial charge on any atom is 0.138 e. The fraction of sp³-hybridized carbons (Fsp3) is 0.571. The van der Waals surface area contributed by atoms with Crippen LogP contribution in [-0.4, -0.2) is 44.2 Å². The topological polar surface area (TPSA) is 24.5 Å². The molecular weight excluding hydrogens is 267 g/mol. The van der Waals surface area contributed by atoms with Gasteiger partial charge in [0.15, 0.2) is 0 Å². The Kier molecular flexibility index (Phi) is 5.89. The van der Waals surface area contributed by atoms with Gasteiger partial charge in [-0.3, -0.25) is 0 Å². The van der Waals surface area contributed by atoms with Crippen LogP contribution in [0.4, 0.5) is 4.39 Å². The van der Waals surface area contributed by atoms with Crippen LogP contribution in [0.15, 0.2) is 18.2 Å². The molecule has 0 bridgehead atoms. The number of nitrogens with one attached hydrogen (secondary N) is 1. The monoisotopic (exact) mass is 286 g/mol. The van der Waals surface area contributed by atoms with Crippen LogP contribution in [0.3, 0.4) is 0 Å². The van der Waals surface area contributed by atoms with Crippen LogP contribution in [0.2, 0.25) is 5.02 Å². The summed E-state index contributed by atoms with van der Waals surface area (Å²) in [5.74, 6) is 0.223. The van der Waals surface area contributed by atoms with Gasteiger partial charge in [-0.15, -0.1) is 0 Å². The van der Waals surface area contributed by atoms with E-state index in [2.05, 4.69) is 10.2 Å². The van der Waals surface area contributed by atoms with Crippen molar-refractivity contribution in [2.75, 3.05) is 39.3 Å². The largest absolute Gasteiger partial charge is 0.492 e. The van der Waals surface area contributed by atoms with Crippen LogP contribution >= 0.6 is 11.6 Å². The summed E-state index contributed by atoms with van der Waals surface area (Å²) in [7, 11) is 0. The van der Waals surface area contributed by atoms with E-state index in [4.69, 9.17) is 16.3 Å². The molecule has 1 aliphatic rings. The zero-order chi connectivity index (χ0) is 13.5. The molecule has 0 aromatic heterocycles. The fourth-order valence-electron chi connectivity index (χ4n) is 2.15. The van der Waals surface area contributed by atoms with Crippen LogP contribution < -0.4 is 10.1 Å². The van der Waals surface area contributed by atoms with Gasteiger partial charge in [0.1, 0.15) is 11.6 Å². The number of nitrogens with zero attached hydrogens (tertiary/aromatic N) is 1. The lowest BCUT2D eigenvalue weighted by atomic mass is 10.2. The minimum absolute atomic E-state index is 0.335. The van der Waals surface area contributed by atoms with Crippen LogP contribution in [0.1, 0.15) is 12.8 Å². The van der Waals surface area contributed by atoms with Crippen molar-refractivity contribution in [3.8, 4) is 5.75 Å². The van der Waals surface area contributed by atoms with Gasteiger partial charge in [0.05, 0.1) is 11.6 Å². The molecule has 0 atom stereocenters. The molecule has 2 rings (SSSR count). The van der Waals surface area contributed by atoms with Gasteiger partial charge in [0.25, 0.3) is 0 Å². The van der Waals surface area contributed by atoms with Crippen molar-refractivity contribution in [2.45, 2.75) is 12.8 Å². The molecule has 1 aromatic carbocycles. The maximum absolute atomic E-state index is 12.8. The third-order valence-corrected chi connectivity index (χ3v) is 3.53. The molecule has 1 N–H and O–H groups in total. The predicted molar refractivity (Wildman–Crippen MR) is 75.4 cm³/mol. The summed E-state index contributed by atoms with van der Waals surface area (Å²) >= 11 is 5.88. The summed E-state index contributed by atoms with van der Waals surface area (Å²) in [4.78, 5) is 2.46. The van der Waals surface area contributed by atoms with Crippen LogP contribution in [0.25, 0.3) is 0 Å². The molecule has 1 heterocycles. The van der Waals surface area contributed by atoms with Gasteiger partial charge in [0, 0.05) is 26.2 Å². The van der Waals surface area contributed by atoms with E-state index < -0.39 is 0 Å². The Labute approximate surface area is 118 Å². The minimum Gasteiger partial charge on any atom is -0.492 e. The standard InChI is InChI=1S/C14H20ClFN2O/c15-13-11-12(16)3-4-14(13)19-10-2-1-7-18-8-5-17-6-9-18/h3-4,11,17H,1-2,5-10H2. The van der Waals surface area contributed by atoms with Gasteiger partial charge in [-0.05, 0) is 37.6 Å². The SMILES string of the molecule is Fc1ccc(OCCCCN2CCNCC2)c(Cl)c1. The quantitative estimate of drug-likeness (QED) is 0.814. The molecule has 5 heteroatoms. The number of rotatable bonds is 6. The smallest absolute Gasteiger partial charge is 0.138 e. The lowest BCUT2D eigenvalue weighted by Gasteiger charge is -2.27. The summed E-state index contributed by atoms with van der Waals surface area (Å²) < 4.78 is 18.4. The van der Waals surface area contributed by atoms with Crippen molar-refractivity contribution in [1.82, 2.24) is 10.2 Å². The lowest BCUT2D eigenvalue weighted by molar-refractivity contribution is 0.226. The molecule has 0 aliphatic carbocycles. The predicted octanol–water partition coefficient (Wildman–Crippen LogP) is 2.54. The summed E-state index contributed by atoms with van der Waals surface area (Å²) in [5, 5.41) is 3.67. The highest BCUT2D eigenvalue weighted by atomic mass is 35.5. The highest BCUT2D eigenvalue weighted by Crippen LogP contribution is 2.24. The van der Waals surface area contributed by atoms with E-state index in [-0.39, 0.29) is 5.82 Å². The molecule has 3 nitrogen and oxygen atoms in total. The lowest BCUT2D eigenvalue weighted by Crippen LogP contribution is -2.43. The first-order valence-corrected chi connectivity index (χ1v) is 7.14. The van der Waals surface area contributed by atoms with E-state index in [1.165, 1.54) is 12.1 Å². The van der Waals surface area contributed by atoms with Crippen LogP contribution in [-0.2, 0) is 0 Å². The Morgan fingerprint density at radius 2 is 2.05 bits per heavy atom. The van der Waals surface area contributed by atoms with Crippen molar-refractivity contribution in [3.63, 3.8) is 0 Å². The minimum atomic E-state index is -0.337. The number of unbranched alkanes of at least 4 members (excludes halogenated alkanes) is 1. The van der Waals surface area contributed by atoms with Gasteiger partial charge in [-0.25, -0.2) is 4.39 Å². The maximum atomic E-state index is 12.8. The second kappa shape index (κ2) is 7.68. The molecule has 0 unspecified atom stereocenters. The van der Waals surface area contributed by atoms with Gasteiger partial charge in [-0.2, -0.15) is 0 Å². The summed E-state index contributed by atoms with van der Waals surface area (Å²) in [6.07, 6.45) is 2.09. The average molecular weight is 287 g/mol. The molecule has 0 saturated carbocycles. The first kappa shape index (κ1) is 14.6. The second-order valence-corrected chi connectivity index (χ2v) is 5.13. The van der Waals surface area contributed by atoms with Gasteiger partial charge in [-0.1, -0.05) is 11.6 Å². The van der Waals surface area contributed by atoms with Crippen LogP contribution in [0, 0.1) is 5.82 Å². The molecular formula is C14H20ClFN2O. The Hall–Kier alpha value is -0.840. The normalized spacial score (nSPS) is 16.5. The van der Waals surface area contributed by atoms with Crippen molar-refractivity contribution in [1.29, 1.82) is 0 Å². The van der Waals surface area contributed by atoms with Crippen molar-refractivity contribution in [2.24, 2.45) is 0 Å². The van der Waals surface area contributed by atoms with E-state index in [1.807, 2.05) is 0 Å². The molecule has 0 spiro atoms. The van der Waals surface area contributed by atoms with Crippen molar-refractivity contribution >= 4 is 11.6 Å². The number of halogens is 2. The highest BCUT2D eigenvalue weighted by molar-refractivity contribution is 6.32. The van der Waals surface area contributed by atoms with Crippen molar-refractivity contribution < 1.29 is 9.13 Å². The van der Waals surface area contributed by atoms with Gasteiger partial charge >= 0.3 is 0 Å². The molecule has 0 amide bonds. The summed E-state index contributed by atoms with van der Waals surface area (Å²) in [6.45, 7) is 6.16. The molecule has 1 fully saturated rings. The number of piperazine rings is 1. The third-order valence-electron chi connectivity index (χ3n) is 3.23. The Bertz CT molecular complexity index is 397. The zero-order valence-corrected chi connectivity index (χ0v) is 11.8. The molecule has 1 aliphatic heterocycles. The first-order chi connectivity index (χ1) is 9.25. The highest BCUT2D eigenvalue weighted by Gasteiger charge is 2.08. The zero-order valence-electron chi connectivity index (χ0n) is 11.0. The van der Waals surface area contributed by atoms with E-state index in [1.54, 1.807) is 6.07 Å². The fourth-order valence-corrected chi connectivity index (χ4v) is 2.37. The van der Waals surface area contributed by atoms with Crippen molar-refractivity contribution in [3.05, 3.63) is 29.0 Å². The van der Waals surface area contributed by atoms with E-state index in [0.29, 0.717) is 17.4 Å².